The van der Waals surface area contributed by atoms with Crippen LogP contribution in [0.3, 0.4) is 0 Å². The van der Waals surface area contributed by atoms with E-state index in [1.807, 2.05) is 30.3 Å². The molecule has 6 nitrogen and oxygen atoms in total. The summed E-state index contributed by atoms with van der Waals surface area (Å²) in [5, 5.41) is 28.1. The lowest BCUT2D eigenvalue weighted by Gasteiger charge is -2.06. The summed E-state index contributed by atoms with van der Waals surface area (Å²) in [6.45, 7) is 0. The first-order chi connectivity index (χ1) is 10.3. The Morgan fingerprint density at radius 3 is 2.52 bits per heavy atom. The van der Waals surface area contributed by atoms with E-state index in [1.165, 1.54) is 10.9 Å². The molecule has 0 bridgehead atoms. The van der Waals surface area contributed by atoms with Crippen molar-refractivity contribution in [2.24, 2.45) is 0 Å². The molecule has 0 amide bonds. The summed E-state index contributed by atoms with van der Waals surface area (Å²) in [4.78, 5) is 8.30. The molecule has 3 aromatic rings. The number of benzene rings is 1. The summed E-state index contributed by atoms with van der Waals surface area (Å²) in [7, 11) is 0. The molecule has 2 heterocycles. The zero-order valence-corrected chi connectivity index (χ0v) is 10.6. The van der Waals surface area contributed by atoms with Crippen molar-refractivity contribution in [2.75, 3.05) is 0 Å². The van der Waals surface area contributed by atoms with Crippen molar-refractivity contribution in [2.45, 2.75) is 0 Å². The maximum absolute atomic E-state index is 9.26. The Labute approximate surface area is 119 Å². The third-order valence-corrected chi connectivity index (χ3v) is 3.05. The smallest absolute Gasteiger partial charge is 0.177 e. The molecule has 0 radical (unpaired) electrons. The molecule has 0 saturated heterocycles. The van der Waals surface area contributed by atoms with Crippen LogP contribution in [0.2, 0.25) is 0 Å². The van der Waals surface area contributed by atoms with Gasteiger partial charge in [-0.2, -0.15) is 15.8 Å². The summed E-state index contributed by atoms with van der Waals surface area (Å²) in [6.07, 6.45) is 1.36. The molecule has 6 heteroatoms. The van der Waals surface area contributed by atoms with E-state index in [2.05, 4.69) is 16.0 Å². The monoisotopic (exact) mass is 270 g/mol. The third kappa shape index (κ3) is 1.87. The van der Waals surface area contributed by atoms with Gasteiger partial charge in [-0.1, -0.05) is 18.2 Å². The molecular formula is C15H6N6. The van der Waals surface area contributed by atoms with E-state index in [0.717, 1.165) is 5.39 Å². The quantitative estimate of drug-likeness (QED) is 0.673. The first-order valence-corrected chi connectivity index (χ1v) is 5.96. The second-order valence-corrected chi connectivity index (χ2v) is 4.19. The predicted molar refractivity (Wildman–Crippen MR) is 73.0 cm³/mol. The zero-order chi connectivity index (χ0) is 14.8. The minimum Gasteiger partial charge on any atom is -0.273 e. The van der Waals surface area contributed by atoms with E-state index >= 15 is 0 Å². The Balaban J connectivity index is 2.33. The van der Waals surface area contributed by atoms with Gasteiger partial charge in [0, 0.05) is 5.39 Å². The van der Waals surface area contributed by atoms with Crippen molar-refractivity contribution >= 4 is 10.9 Å². The summed E-state index contributed by atoms with van der Waals surface area (Å²) in [6, 6.07) is 14.7. The van der Waals surface area contributed by atoms with Crippen molar-refractivity contribution in [3.05, 3.63) is 53.6 Å². The number of fused-ring (bicyclic) bond motifs is 1. The van der Waals surface area contributed by atoms with Crippen LogP contribution in [0.25, 0.3) is 16.7 Å². The first-order valence-electron chi connectivity index (χ1n) is 5.96. The van der Waals surface area contributed by atoms with Gasteiger partial charge in [0.2, 0.25) is 0 Å². The van der Waals surface area contributed by atoms with E-state index < -0.39 is 0 Å². The van der Waals surface area contributed by atoms with Gasteiger partial charge in [-0.05, 0) is 12.1 Å². The average Bonchev–Trinajstić information content (AvgIpc) is 2.96. The van der Waals surface area contributed by atoms with Crippen LogP contribution in [0.15, 0.2) is 36.7 Å². The fourth-order valence-corrected chi connectivity index (χ4v) is 2.09. The fourth-order valence-electron chi connectivity index (χ4n) is 2.09. The second kappa shape index (κ2) is 4.77. The Morgan fingerprint density at radius 1 is 1.00 bits per heavy atom. The molecule has 2 aromatic heterocycles. The van der Waals surface area contributed by atoms with Crippen LogP contribution >= 0.6 is 0 Å². The number of rotatable bonds is 1. The van der Waals surface area contributed by atoms with Gasteiger partial charge in [-0.15, -0.1) is 0 Å². The van der Waals surface area contributed by atoms with Gasteiger partial charge in [-0.3, -0.25) is 4.57 Å². The number of nitriles is 3. The lowest BCUT2D eigenvalue weighted by Crippen LogP contribution is -2.01. The number of para-hydroxylation sites is 1. The molecule has 0 N–H and O–H groups in total. The van der Waals surface area contributed by atoms with Crippen molar-refractivity contribution in [1.82, 2.24) is 14.5 Å². The minimum absolute atomic E-state index is 0.0333. The molecule has 0 saturated carbocycles. The number of nitrogens with zero attached hydrogens (tertiary/aromatic N) is 6. The maximum atomic E-state index is 9.26. The molecule has 0 aliphatic carbocycles. The SMILES string of the molecule is N#Cc1ncn(-c2cc(C#N)c3ccccc3n2)c1C#N. The minimum atomic E-state index is 0.0333. The van der Waals surface area contributed by atoms with E-state index in [1.54, 1.807) is 12.1 Å². The highest BCUT2D eigenvalue weighted by atomic mass is 15.1. The predicted octanol–water partition coefficient (Wildman–Crippen LogP) is 2.04. The van der Waals surface area contributed by atoms with Crippen molar-refractivity contribution < 1.29 is 0 Å². The summed E-state index contributed by atoms with van der Waals surface area (Å²) >= 11 is 0. The molecule has 21 heavy (non-hydrogen) atoms. The van der Waals surface area contributed by atoms with Gasteiger partial charge in [0.15, 0.2) is 11.4 Å². The van der Waals surface area contributed by atoms with E-state index in [0.29, 0.717) is 16.9 Å². The summed E-state index contributed by atoms with van der Waals surface area (Å²) < 4.78 is 1.41. The van der Waals surface area contributed by atoms with Gasteiger partial charge >= 0.3 is 0 Å². The molecule has 0 fully saturated rings. The van der Waals surface area contributed by atoms with E-state index in [4.69, 9.17) is 10.5 Å². The number of aromatic nitrogens is 3. The highest BCUT2D eigenvalue weighted by Crippen LogP contribution is 2.21. The standard InChI is InChI=1S/C15H6N6/c16-6-10-5-15(20-12-4-2-1-3-11(10)12)21-9-19-13(7-17)14(21)8-18/h1-5,9H. The van der Waals surface area contributed by atoms with Gasteiger partial charge in [0.05, 0.1) is 17.1 Å². The van der Waals surface area contributed by atoms with Crippen LogP contribution in [-0.2, 0) is 0 Å². The van der Waals surface area contributed by atoms with Crippen molar-refractivity contribution in [3.63, 3.8) is 0 Å². The van der Waals surface area contributed by atoms with Crippen molar-refractivity contribution in [1.29, 1.82) is 15.8 Å². The molecule has 1 aromatic carbocycles. The normalized spacial score (nSPS) is 9.76. The highest BCUT2D eigenvalue weighted by Gasteiger charge is 2.14. The third-order valence-electron chi connectivity index (χ3n) is 3.05. The molecule has 0 spiro atoms. The Kier molecular flexibility index (Phi) is 2.81. The van der Waals surface area contributed by atoms with Crippen LogP contribution in [0.4, 0.5) is 0 Å². The van der Waals surface area contributed by atoms with E-state index in [-0.39, 0.29) is 11.4 Å². The number of pyridine rings is 1. The number of hydrogen-bond acceptors (Lipinski definition) is 5. The average molecular weight is 270 g/mol. The number of hydrogen-bond donors (Lipinski definition) is 0. The molecule has 0 aliphatic heterocycles. The Hall–Kier alpha value is -3.69. The zero-order valence-electron chi connectivity index (χ0n) is 10.6. The molecule has 96 valence electrons. The topological polar surface area (TPSA) is 102 Å². The Morgan fingerprint density at radius 2 is 1.81 bits per heavy atom. The lowest BCUT2D eigenvalue weighted by molar-refractivity contribution is 0.986. The second-order valence-electron chi connectivity index (χ2n) is 4.19. The Bertz CT molecular complexity index is 978. The van der Waals surface area contributed by atoms with Crippen LogP contribution < -0.4 is 0 Å². The number of imidazole rings is 1. The highest BCUT2D eigenvalue weighted by molar-refractivity contribution is 5.85. The molecule has 3 rings (SSSR count). The van der Waals surface area contributed by atoms with Crippen molar-refractivity contribution in [3.8, 4) is 24.0 Å². The van der Waals surface area contributed by atoms with Gasteiger partial charge < -0.3 is 0 Å². The molecule has 0 aliphatic rings. The largest absolute Gasteiger partial charge is 0.273 e. The summed E-state index contributed by atoms with van der Waals surface area (Å²) in [5.74, 6) is 0.385. The van der Waals surface area contributed by atoms with Crippen LogP contribution in [-0.4, -0.2) is 14.5 Å². The molecule has 0 unspecified atom stereocenters. The van der Waals surface area contributed by atoms with Gasteiger partial charge in [0.1, 0.15) is 24.3 Å². The summed E-state index contributed by atoms with van der Waals surface area (Å²) in [5.41, 5.74) is 1.23. The van der Waals surface area contributed by atoms with Crippen LogP contribution in [0.5, 0.6) is 0 Å². The fraction of sp³-hybridized carbons (Fsp3) is 0. The van der Waals surface area contributed by atoms with Gasteiger partial charge in [0.25, 0.3) is 0 Å². The molecular weight excluding hydrogens is 264 g/mol. The van der Waals surface area contributed by atoms with Crippen LogP contribution in [0, 0.1) is 34.0 Å². The van der Waals surface area contributed by atoms with Crippen LogP contribution in [0.1, 0.15) is 17.0 Å². The van der Waals surface area contributed by atoms with E-state index in [9.17, 15) is 5.26 Å². The first kappa shape index (κ1) is 12.3. The lowest BCUT2D eigenvalue weighted by atomic mass is 10.1. The van der Waals surface area contributed by atoms with Gasteiger partial charge in [-0.25, -0.2) is 9.97 Å². The molecule has 0 atom stereocenters. The maximum Gasteiger partial charge on any atom is 0.177 e.